The summed E-state index contributed by atoms with van der Waals surface area (Å²) < 4.78 is 1.40. The first-order chi connectivity index (χ1) is 11.5. The molecule has 3 rings (SSSR count). The van der Waals surface area contributed by atoms with Gasteiger partial charge in [-0.05, 0) is 38.7 Å². The van der Waals surface area contributed by atoms with E-state index in [9.17, 15) is 9.59 Å². The predicted molar refractivity (Wildman–Crippen MR) is 95.3 cm³/mol. The van der Waals surface area contributed by atoms with Crippen molar-refractivity contribution < 1.29 is 4.79 Å². The molecule has 1 aliphatic rings. The quantitative estimate of drug-likeness (QED) is 0.941. The summed E-state index contributed by atoms with van der Waals surface area (Å²) in [6, 6.07) is 7.32. The molecule has 0 aliphatic heterocycles. The molecule has 1 aromatic heterocycles. The summed E-state index contributed by atoms with van der Waals surface area (Å²) in [6.07, 6.45) is 4.39. The minimum absolute atomic E-state index is 0.0941. The third kappa shape index (κ3) is 3.21. The van der Waals surface area contributed by atoms with Gasteiger partial charge >= 0.3 is 0 Å². The number of hydrogen-bond acceptors (Lipinski definition) is 3. The predicted octanol–water partition coefficient (Wildman–Crippen LogP) is 3.29. The number of carbonyl (C=O) groups is 1. The van der Waals surface area contributed by atoms with E-state index >= 15 is 0 Å². The number of carbonyl (C=O) groups excluding carboxylic acids is 1. The fraction of sp³-hybridized carbons (Fsp3) is 0.526. The van der Waals surface area contributed by atoms with Crippen LogP contribution in [-0.4, -0.2) is 21.7 Å². The largest absolute Gasteiger partial charge is 0.348 e. The van der Waals surface area contributed by atoms with Crippen molar-refractivity contribution in [2.75, 3.05) is 0 Å². The molecular formula is C19H25N3O2. The molecular weight excluding hydrogens is 302 g/mol. The second-order valence-corrected chi connectivity index (χ2v) is 7.18. The highest BCUT2D eigenvalue weighted by Crippen LogP contribution is 2.24. The van der Waals surface area contributed by atoms with Crippen LogP contribution < -0.4 is 10.9 Å². The van der Waals surface area contributed by atoms with Crippen LogP contribution in [0.2, 0.25) is 0 Å². The molecule has 2 aromatic rings. The van der Waals surface area contributed by atoms with E-state index in [1.165, 1.54) is 11.1 Å². The fourth-order valence-corrected chi connectivity index (χ4v) is 3.54. The molecule has 128 valence electrons. The number of amides is 1. The lowest BCUT2D eigenvalue weighted by Gasteiger charge is -2.27. The number of aromatic nitrogens is 2. The Balaban J connectivity index is 2.00. The van der Waals surface area contributed by atoms with Crippen molar-refractivity contribution in [3.8, 4) is 0 Å². The summed E-state index contributed by atoms with van der Waals surface area (Å²) >= 11 is 0. The van der Waals surface area contributed by atoms with Crippen molar-refractivity contribution in [3.63, 3.8) is 0 Å². The molecule has 1 fully saturated rings. The topological polar surface area (TPSA) is 64.0 Å². The first-order valence-electron chi connectivity index (χ1n) is 8.79. The summed E-state index contributed by atoms with van der Waals surface area (Å²) in [7, 11) is 0. The lowest BCUT2D eigenvalue weighted by Crippen LogP contribution is -2.39. The number of nitrogens with zero attached hydrogens (tertiary/aromatic N) is 2. The Labute approximate surface area is 142 Å². The zero-order chi connectivity index (χ0) is 17.3. The summed E-state index contributed by atoms with van der Waals surface area (Å²) in [5.41, 5.74) is 0.195. The molecule has 0 spiro atoms. The van der Waals surface area contributed by atoms with Gasteiger partial charge in [0.2, 0.25) is 0 Å². The van der Waals surface area contributed by atoms with Crippen molar-refractivity contribution in [1.82, 2.24) is 15.1 Å². The first-order valence-corrected chi connectivity index (χ1v) is 8.79. The fourth-order valence-electron chi connectivity index (χ4n) is 3.54. The van der Waals surface area contributed by atoms with Crippen molar-refractivity contribution in [2.24, 2.45) is 5.92 Å². The van der Waals surface area contributed by atoms with E-state index in [4.69, 9.17) is 0 Å². The second kappa shape index (κ2) is 6.75. The average Bonchev–Trinajstić information content (AvgIpc) is 2.55. The van der Waals surface area contributed by atoms with Gasteiger partial charge in [-0.3, -0.25) is 9.59 Å². The van der Waals surface area contributed by atoms with Gasteiger partial charge in [-0.15, -0.1) is 0 Å². The lowest BCUT2D eigenvalue weighted by atomic mass is 9.87. The lowest BCUT2D eigenvalue weighted by molar-refractivity contribution is 0.0915. The Morgan fingerprint density at radius 3 is 2.62 bits per heavy atom. The van der Waals surface area contributed by atoms with Crippen LogP contribution in [-0.2, 0) is 0 Å². The number of hydrogen-bond donors (Lipinski definition) is 1. The summed E-state index contributed by atoms with van der Waals surface area (Å²) in [6.45, 7) is 6.02. The van der Waals surface area contributed by atoms with Crippen LogP contribution in [0.5, 0.6) is 0 Å². The Hall–Kier alpha value is -2.17. The van der Waals surface area contributed by atoms with Crippen molar-refractivity contribution in [1.29, 1.82) is 0 Å². The molecule has 1 aliphatic carbocycles. The van der Waals surface area contributed by atoms with Gasteiger partial charge in [-0.25, -0.2) is 4.68 Å². The molecule has 1 heterocycles. The molecule has 0 radical (unpaired) electrons. The van der Waals surface area contributed by atoms with Gasteiger partial charge in [-0.1, -0.05) is 38.0 Å². The van der Waals surface area contributed by atoms with Crippen LogP contribution >= 0.6 is 0 Å². The summed E-state index contributed by atoms with van der Waals surface area (Å²) in [5, 5.41) is 8.67. The Morgan fingerprint density at radius 1 is 1.25 bits per heavy atom. The standard InChI is InChI=1S/C19H25N3O2/c1-12(2)22-19(24)16-10-5-4-9-15(16)17(21-22)18(23)20-14-8-6-7-13(3)11-14/h4-5,9-10,12-14H,6-8,11H2,1-3H3,(H,20,23). The third-order valence-corrected chi connectivity index (χ3v) is 4.80. The maximum absolute atomic E-state index is 12.8. The maximum Gasteiger partial charge on any atom is 0.274 e. The minimum atomic E-state index is -0.181. The normalized spacial score (nSPS) is 21.2. The highest BCUT2D eigenvalue weighted by molar-refractivity contribution is 6.04. The molecule has 0 bridgehead atoms. The zero-order valence-corrected chi connectivity index (χ0v) is 14.6. The smallest absolute Gasteiger partial charge is 0.274 e. The van der Waals surface area contributed by atoms with Crippen LogP contribution in [0.25, 0.3) is 10.8 Å². The van der Waals surface area contributed by atoms with Gasteiger partial charge in [-0.2, -0.15) is 5.10 Å². The van der Waals surface area contributed by atoms with Crippen LogP contribution in [0.3, 0.4) is 0 Å². The van der Waals surface area contributed by atoms with E-state index in [2.05, 4.69) is 17.3 Å². The number of rotatable bonds is 3. The van der Waals surface area contributed by atoms with Crippen molar-refractivity contribution >= 4 is 16.7 Å². The molecule has 24 heavy (non-hydrogen) atoms. The van der Waals surface area contributed by atoms with E-state index in [-0.39, 0.29) is 23.6 Å². The first kappa shape index (κ1) is 16.7. The van der Waals surface area contributed by atoms with Crippen LogP contribution in [0, 0.1) is 5.92 Å². The van der Waals surface area contributed by atoms with Gasteiger partial charge in [0.15, 0.2) is 5.69 Å². The number of benzene rings is 1. The van der Waals surface area contributed by atoms with Gasteiger partial charge in [0, 0.05) is 11.4 Å². The summed E-state index contributed by atoms with van der Waals surface area (Å²) in [4.78, 5) is 25.4. The Bertz CT molecular complexity index is 810. The van der Waals surface area contributed by atoms with Crippen LogP contribution in [0.1, 0.15) is 63.0 Å². The molecule has 1 aromatic carbocycles. The molecule has 5 heteroatoms. The maximum atomic E-state index is 12.8. The highest BCUT2D eigenvalue weighted by atomic mass is 16.2. The highest BCUT2D eigenvalue weighted by Gasteiger charge is 2.23. The van der Waals surface area contributed by atoms with Crippen molar-refractivity contribution in [2.45, 2.75) is 58.5 Å². The summed E-state index contributed by atoms with van der Waals surface area (Å²) in [5.74, 6) is 0.457. The molecule has 1 N–H and O–H groups in total. The second-order valence-electron chi connectivity index (χ2n) is 7.18. The van der Waals surface area contributed by atoms with E-state index in [0.29, 0.717) is 22.4 Å². The molecule has 5 nitrogen and oxygen atoms in total. The average molecular weight is 327 g/mol. The SMILES string of the molecule is CC1CCCC(NC(=O)c2nn(C(C)C)c(=O)c3ccccc23)C1. The van der Waals surface area contributed by atoms with E-state index in [0.717, 1.165) is 19.3 Å². The van der Waals surface area contributed by atoms with E-state index in [1.54, 1.807) is 12.1 Å². The van der Waals surface area contributed by atoms with Gasteiger partial charge in [0.25, 0.3) is 11.5 Å². The van der Waals surface area contributed by atoms with Crippen LogP contribution in [0.4, 0.5) is 0 Å². The van der Waals surface area contributed by atoms with Gasteiger partial charge in [0.05, 0.1) is 11.4 Å². The van der Waals surface area contributed by atoms with Gasteiger partial charge < -0.3 is 5.32 Å². The molecule has 1 saturated carbocycles. The van der Waals surface area contributed by atoms with E-state index < -0.39 is 0 Å². The monoisotopic (exact) mass is 327 g/mol. The minimum Gasteiger partial charge on any atom is -0.348 e. The number of nitrogens with one attached hydrogen (secondary N) is 1. The molecule has 1 amide bonds. The van der Waals surface area contributed by atoms with E-state index in [1.807, 2.05) is 26.0 Å². The van der Waals surface area contributed by atoms with Crippen molar-refractivity contribution in [3.05, 3.63) is 40.3 Å². The molecule has 0 saturated heterocycles. The number of fused-ring (bicyclic) bond motifs is 1. The molecule has 2 unspecified atom stereocenters. The zero-order valence-electron chi connectivity index (χ0n) is 14.6. The third-order valence-electron chi connectivity index (χ3n) is 4.80. The van der Waals surface area contributed by atoms with Gasteiger partial charge in [0.1, 0.15) is 0 Å². The molecule has 2 atom stereocenters. The van der Waals surface area contributed by atoms with Crippen LogP contribution in [0.15, 0.2) is 29.1 Å². The Morgan fingerprint density at radius 2 is 1.96 bits per heavy atom. The Kier molecular flexibility index (Phi) is 4.69.